The van der Waals surface area contributed by atoms with Crippen LogP contribution in [0, 0.1) is 11.7 Å². The van der Waals surface area contributed by atoms with Gasteiger partial charge in [0, 0.05) is 25.2 Å². The second-order valence-corrected chi connectivity index (χ2v) is 8.76. The van der Waals surface area contributed by atoms with Crippen LogP contribution >= 0.6 is 0 Å². The van der Waals surface area contributed by atoms with Gasteiger partial charge in [0.1, 0.15) is 11.6 Å². The molecule has 0 spiro atoms. The highest BCUT2D eigenvalue weighted by Gasteiger charge is 2.28. The summed E-state index contributed by atoms with van der Waals surface area (Å²) in [6, 6.07) is 9.27. The number of aromatic nitrogens is 2. The third-order valence-electron chi connectivity index (χ3n) is 6.41. The first-order chi connectivity index (χ1) is 15.1. The van der Waals surface area contributed by atoms with Gasteiger partial charge in [-0.2, -0.15) is 4.68 Å². The molecule has 2 aliphatic rings. The van der Waals surface area contributed by atoms with Gasteiger partial charge in [-0.1, -0.05) is 38.2 Å². The zero-order chi connectivity index (χ0) is 21.6. The van der Waals surface area contributed by atoms with E-state index in [1.807, 2.05) is 0 Å². The molecule has 1 saturated heterocycles. The highest BCUT2D eigenvalue weighted by Crippen LogP contribution is 2.23. The van der Waals surface area contributed by atoms with Crippen molar-refractivity contribution in [3.8, 4) is 5.69 Å². The molecular weight excluding hydrogens is 395 g/mol. The molecular formula is C24H31FN4O2. The lowest BCUT2D eigenvalue weighted by Gasteiger charge is -2.34. The first-order valence-electron chi connectivity index (χ1n) is 11.5. The normalized spacial score (nSPS) is 20.7. The molecule has 1 atom stereocenters. The van der Waals surface area contributed by atoms with Gasteiger partial charge in [0.05, 0.1) is 11.6 Å². The minimum absolute atomic E-state index is 0.0875. The summed E-state index contributed by atoms with van der Waals surface area (Å²) in [6.45, 7) is 1.36. The van der Waals surface area contributed by atoms with Gasteiger partial charge in [0.2, 0.25) is 5.91 Å². The van der Waals surface area contributed by atoms with Crippen LogP contribution in [0.5, 0.6) is 0 Å². The summed E-state index contributed by atoms with van der Waals surface area (Å²) in [5.41, 5.74) is 0.0763. The molecule has 1 N–H and O–H groups in total. The van der Waals surface area contributed by atoms with Crippen molar-refractivity contribution >= 4 is 11.7 Å². The molecule has 166 valence electrons. The summed E-state index contributed by atoms with van der Waals surface area (Å²) >= 11 is 0. The van der Waals surface area contributed by atoms with E-state index >= 15 is 0 Å². The second kappa shape index (κ2) is 10.1. The summed E-state index contributed by atoms with van der Waals surface area (Å²) in [5, 5.41) is 7.77. The van der Waals surface area contributed by atoms with Crippen molar-refractivity contribution in [3.63, 3.8) is 0 Å². The number of piperidine rings is 1. The summed E-state index contributed by atoms with van der Waals surface area (Å²) in [4.78, 5) is 27.3. The number of carbonyl (C=O) groups is 1. The van der Waals surface area contributed by atoms with E-state index in [9.17, 15) is 14.0 Å². The second-order valence-electron chi connectivity index (χ2n) is 8.76. The van der Waals surface area contributed by atoms with Crippen molar-refractivity contribution in [2.45, 2.75) is 63.8 Å². The number of hydrogen-bond donors (Lipinski definition) is 1. The lowest BCUT2D eigenvalue weighted by Crippen LogP contribution is -2.46. The Labute approximate surface area is 182 Å². The minimum atomic E-state index is -0.416. The third-order valence-corrected chi connectivity index (χ3v) is 6.41. The van der Waals surface area contributed by atoms with Gasteiger partial charge in [0.25, 0.3) is 5.56 Å². The number of halogens is 1. The molecule has 31 heavy (non-hydrogen) atoms. The van der Waals surface area contributed by atoms with Crippen LogP contribution in [-0.2, 0) is 4.79 Å². The molecule has 1 aliphatic carbocycles. The number of hydrogen-bond acceptors (Lipinski definition) is 4. The summed E-state index contributed by atoms with van der Waals surface area (Å²) in [5.74, 6) is 0.261. The van der Waals surface area contributed by atoms with E-state index in [1.165, 1.54) is 55.0 Å². The Morgan fingerprint density at radius 3 is 2.55 bits per heavy atom. The molecule has 0 unspecified atom stereocenters. The highest BCUT2D eigenvalue weighted by atomic mass is 19.1. The molecule has 1 amide bonds. The molecule has 2 fully saturated rings. The Morgan fingerprint density at radius 2 is 1.77 bits per heavy atom. The lowest BCUT2D eigenvalue weighted by molar-refractivity contribution is -0.126. The lowest BCUT2D eigenvalue weighted by atomic mass is 9.94. The van der Waals surface area contributed by atoms with Crippen LogP contribution in [0.25, 0.3) is 5.69 Å². The van der Waals surface area contributed by atoms with E-state index in [0.717, 1.165) is 32.2 Å². The van der Waals surface area contributed by atoms with Crippen LogP contribution in [0.3, 0.4) is 0 Å². The fraction of sp³-hybridized carbons (Fsp3) is 0.542. The number of nitrogens with one attached hydrogen (secondary N) is 1. The van der Waals surface area contributed by atoms with E-state index in [1.54, 1.807) is 18.2 Å². The molecule has 1 aliphatic heterocycles. The van der Waals surface area contributed by atoms with E-state index in [0.29, 0.717) is 18.1 Å². The average molecular weight is 427 g/mol. The molecule has 1 aromatic carbocycles. The fourth-order valence-electron chi connectivity index (χ4n) is 4.68. The predicted molar refractivity (Wildman–Crippen MR) is 119 cm³/mol. The maximum absolute atomic E-state index is 13.6. The summed E-state index contributed by atoms with van der Waals surface area (Å²) in [7, 11) is 0. The molecule has 0 bridgehead atoms. The van der Waals surface area contributed by atoms with Crippen molar-refractivity contribution in [2.75, 3.05) is 18.0 Å². The van der Waals surface area contributed by atoms with Gasteiger partial charge in [-0.3, -0.25) is 9.59 Å². The zero-order valence-electron chi connectivity index (χ0n) is 17.9. The van der Waals surface area contributed by atoms with Crippen LogP contribution in [0.2, 0.25) is 0 Å². The van der Waals surface area contributed by atoms with Crippen LogP contribution in [0.1, 0.15) is 57.8 Å². The number of nitrogens with zero attached hydrogens (tertiary/aromatic N) is 3. The molecule has 0 radical (unpaired) electrons. The smallest absolute Gasteiger partial charge is 0.271 e. The van der Waals surface area contributed by atoms with E-state index in [4.69, 9.17) is 0 Å². The van der Waals surface area contributed by atoms with Gasteiger partial charge < -0.3 is 10.2 Å². The Balaban J connectivity index is 1.45. The summed E-state index contributed by atoms with van der Waals surface area (Å²) < 4.78 is 14.8. The molecule has 6 nitrogen and oxygen atoms in total. The predicted octanol–water partition coefficient (Wildman–Crippen LogP) is 3.82. The highest BCUT2D eigenvalue weighted by molar-refractivity contribution is 5.79. The standard InChI is InChI=1S/C24H31FN4O2/c25-19-9-6-12-21(16-19)29-23(30)14-13-22(27-29)28-15-7-8-18(17-28)24(31)26-20-10-4-2-1-3-5-11-20/h6,9,12-14,16,18,20H,1-5,7-8,10-11,15,17H2,(H,26,31)/t18-/m1/s1. The van der Waals surface area contributed by atoms with Gasteiger partial charge in [-0.25, -0.2) is 4.39 Å². The van der Waals surface area contributed by atoms with E-state index in [-0.39, 0.29) is 23.4 Å². The van der Waals surface area contributed by atoms with Gasteiger partial charge in [-0.05, 0) is 49.9 Å². The number of amides is 1. The van der Waals surface area contributed by atoms with Gasteiger partial charge in [-0.15, -0.1) is 5.10 Å². The quantitative estimate of drug-likeness (QED) is 0.807. The Bertz CT molecular complexity index is 953. The van der Waals surface area contributed by atoms with Crippen LogP contribution in [0.4, 0.5) is 10.2 Å². The van der Waals surface area contributed by atoms with Crippen LogP contribution < -0.4 is 15.8 Å². The molecule has 7 heteroatoms. The molecule has 4 rings (SSSR count). The van der Waals surface area contributed by atoms with Crippen LogP contribution in [0.15, 0.2) is 41.2 Å². The topological polar surface area (TPSA) is 67.2 Å². The maximum Gasteiger partial charge on any atom is 0.271 e. The number of anilines is 1. The molecule has 2 heterocycles. The maximum atomic E-state index is 13.6. The third kappa shape index (κ3) is 5.51. The SMILES string of the molecule is O=C(NC1CCCCCCC1)[C@@H]1CCCN(c2ccc(=O)n(-c3cccc(F)c3)n2)C1. The zero-order valence-corrected chi connectivity index (χ0v) is 17.9. The van der Waals surface area contributed by atoms with Gasteiger partial charge >= 0.3 is 0 Å². The minimum Gasteiger partial charge on any atom is -0.354 e. The first-order valence-corrected chi connectivity index (χ1v) is 11.5. The van der Waals surface area contributed by atoms with Crippen molar-refractivity contribution < 1.29 is 9.18 Å². The Hall–Kier alpha value is -2.70. The first kappa shape index (κ1) is 21.5. The van der Waals surface area contributed by atoms with Crippen molar-refractivity contribution in [2.24, 2.45) is 5.92 Å². The number of carbonyl (C=O) groups excluding carboxylic acids is 1. The van der Waals surface area contributed by atoms with E-state index in [2.05, 4.69) is 15.3 Å². The average Bonchev–Trinajstić information content (AvgIpc) is 2.76. The van der Waals surface area contributed by atoms with E-state index < -0.39 is 5.82 Å². The number of rotatable bonds is 4. The summed E-state index contributed by atoms with van der Waals surface area (Å²) in [6.07, 6.45) is 10.1. The molecule has 2 aromatic rings. The number of benzene rings is 1. The Morgan fingerprint density at radius 1 is 1.00 bits per heavy atom. The molecule has 1 aromatic heterocycles. The van der Waals surface area contributed by atoms with Crippen LogP contribution in [-0.4, -0.2) is 34.8 Å². The van der Waals surface area contributed by atoms with Crippen molar-refractivity contribution in [3.05, 3.63) is 52.6 Å². The van der Waals surface area contributed by atoms with Gasteiger partial charge in [0.15, 0.2) is 0 Å². The van der Waals surface area contributed by atoms with Crippen molar-refractivity contribution in [1.82, 2.24) is 15.1 Å². The largest absolute Gasteiger partial charge is 0.354 e. The Kier molecular flexibility index (Phi) is 6.99. The molecule has 1 saturated carbocycles. The monoisotopic (exact) mass is 426 g/mol. The fourth-order valence-corrected chi connectivity index (χ4v) is 4.68. The van der Waals surface area contributed by atoms with Crippen molar-refractivity contribution in [1.29, 1.82) is 0 Å².